The van der Waals surface area contributed by atoms with E-state index in [-0.39, 0.29) is 0 Å². The summed E-state index contributed by atoms with van der Waals surface area (Å²) < 4.78 is 2.13. The van der Waals surface area contributed by atoms with Crippen molar-refractivity contribution in [3.63, 3.8) is 0 Å². The van der Waals surface area contributed by atoms with E-state index in [1.807, 2.05) is 60.8 Å². The van der Waals surface area contributed by atoms with Gasteiger partial charge in [0.25, 0.3) is 0 Å². The summed E-state index contributed by atoms with van der Waals surface area (Å²) in [6.45, 7) is 0.697. The lowest BCUT2D eigenvalue weighted by molar-refractivity contribution is 0.714. The molecule has 134 valence electrons. The van der Waals surface area contributed by atoms with Crippen LogP contribution in [-0.2, 0) is 12.3 Å². The van der Waals surface area contributed by atoms with Crippen LogP contribution in [0.3, 0.4) is 0 Å². The first-order valence-corrected chi connectivity index (χ1v) is 9.91. The second kappa shape index (κ2) is 8.37. The van der Waals surface area contributed by atoms with Crippen molar-refractivity contribution in [2.75, 3.05) is 0 Å². The minimum absolute atomic E-state index is 0.697. The van der Waals surface area contributed by atoms with E-state index in [0.29, 0.717) is 6.54 Å². The Labute approximate surface area is 167 Å². The Kier molecular flexibility index (Phi) is 5.51. The maximum atomic E-state index is 6.30. The number of benzene rings is 2. The number of aromatic nitrogens is 4. The van der Waals surface area contributed by atoms with Crippen molar-refractivity contribution in [3.8, 4) is 11.4 Å². The van der Waals surface area contributed by atoms with Crippen molar-refractivity contribution >= 4 is 23.4 Å². The molecule has 4 rings (SSSR count). The summed E-state index contributed by atoms with van der Waals surface area (Å²) in [5, 5.41) is 10.5. The Balaban J connectivity index is 1.66. The lowest BCUT2D eigenvalue weighted by Crippen LogP contribution is -2.04. The van der Waals surface area contributed by atoms with Crippen LogP contribution >= 0.6 is 23.4 Å². The van der Waals surface area contributed by atoms with Crippen molar-refractivity contribution in [1.29, 1.82) is 0 Å². The molecule has 0 saturated carbocycles. The summed E-state index contributed by atoms with van der Waals surface area (Å²) in [6.07, 6.45) is 3.57. The van der Waals surface area contributed by atoms with Gasteiger partial charge >= 0.3 is 0 Å². The molecule has 2 heterocycles. The lowest BCUT2D eigenvalue weighted by Gasteiger charge is -2.11. The normalized spacial score (nSPS) is 10.9. The number of rotatable bonds is 6. The highest BCUT2D eigenvalue weighted by Crippen LogP contribution is 2.29. The molecule has 0 aliphatic rings. The molecule has 0 unspecified atom stereocenters. The van der Waals surface area contributed by atoms with Gasteiger partial charge in [0, 0.05) is 28.7 Å². The van der Waals surface area contributed by atoms with Crippen LogP contribution in [0, 0.1) is 0 Å². The highest BCUT2D eigenvalue weighted by atomic mass is 35.5. The largest absolute Gasteiger partial charge is 0.297 e. The zero-order chi connectivity index (χ0) is 18.5. The van der Waals surface area contributed by atoms with Gasteiger partial charge in [-0.1, -0.05) is 71.9 Å². The van der Waals surface area contributed by atoms with Crippen LogP contribution in [0.15, 0.2) is 84.3 Å². The van der Waals surface area contributed by atoms with Gasteiger partial charge in [-0.2, -0.15) is 0 Å². The molecule has 0 saturated heterocycles. The van der Waals surface area contributed by atoms with Crippen LogP contribution in [0.25, 0.3) is 11.4 Å². The van der Waals surface area contributed by atoms with E-state index in [0.717, 1.165) is 32.9 Å². The molecule has 0 aliphatic heterocycles. The van der Waals surface area contributed by atoms with Gasteiger partial charge < -0.3 is 0 Å². The molecule has 0 N–H and O–H groups in total. The molecule has 4 nitrogen and oxygen atoms in total. The predicted molar refractivity (Wildman–Crippen MR) is 110 cm³/mol. The highest BCUT2D eigenvalue weighted by Gasteiger charge is 2.15. The Hall–Kier alpha value is -2.63. The van der Waals surface area contributed by atoms with Gasteiger partial charge in [0.05, 0.1) is 6.54 Å². The molecule has 0 bridgehead atoms. The molecular weight excluding hydrogens is 376 g/mol. The van der Waals surface area contributed by atoms with Gasteiger partial charge in [0.15, 0.2) is 11.0 Å². The van der Waals surface area contributed by atoms with Crippen molar-refractivity contribution in [1.82, 2.24) is 19.7 Å². The molecule has 0 aliphatic carbocycles. The van der Waals surface area contributed by atoms with Crippen molar-refractivity contribution in [2.45, 2.75) is 17.5 Å². The first-order chi connectivity index (χ1) is 13.3. The summed E-state index contributed by atoms with van der Waals surface area (Å²) in [6, 6.07) is 22.1. The fourth-order valence-electron chi connectivity index (χ4n) is 2.77. The molecule has 0 amide bonds. The van der Waals surface area contributed by atoms with Crippen LogP contribution in [0.1, 0.15) is 11.1 Å². The molecule has 0 atom stereocenters. The molecule has 0 spiro atoms. The molecule has 2 aromatic carbocycles. The second-order valence-corrected chi connectivity index (χ2v) is 7.35. The zero-order valence-corrected chi connectivity index (χ0v) is 16.1. The van der Waals surface area contributed by atoms with Gasteiger partial charge in [-0.05, 0) is 29.3 Å². The third kappa shape index (κ3) is 4.21. The zero-order valence-electron chi connectivity index (χ0n) is 14.5. The molecule has 2 aromatic heterocycles. The van der Waals surface area contributed by atoms with Crippen molar-refractivity contribution in [3.05, 3.63) is 95.3 Å². The van der Waals surface area contributed by atoms with Crippen LogP contribution in [0.2, 0.25) is 5.02 Å². The highest BCUT2D eigenvalue weighted by molar-refractivity contribution is 7.98. The third-order valence-electron chi connectivity index (χ3n) is 4.13. The number of nitrogens with zero attached hydrogens (tertiary/aromatic N) is 4. The minimum Gasteiger partial charge on any atom is -0.297 e. The van der Waals surface area contributed by atoms with E-state index in [2.05, 4.69) is 31.9 Å². The number of hydrogen-bond donors (Lipinski definition) is 0. The topological polar surface area (TPSA) is 43.6 Å². The van der Waals surface area contributed by atoms with Gasteiger partial charge in [0.1, 0.15) is 0 Å². The summed E-state index contributed by atoms with van der Waals surface area (Å²) in [4.78, 5) is 4.22. The van der Waals surface area contributed by atoms with Crippen molar-refractivity contribution < 1.29 is 0 Å². The summed E-state index contributed by atoms with van der Waals surface area (Å²) in [5.41, 5.74) is 3.23. The number of pyridine rings is 1. The Bertz CT molecular complexity index is 1020. The summed E-state index contributed by atoms with van der Waals surface area (Å²) in [5.74, 6) is 1.55. The van der Waals surface area contributed by atoms with E-state index >= 15 is 0 Å². The standard InChI is InChI=1S/C21H17ClN4S/c22-19-11-5-4-9-18(19)15-27-21-25-24-20(17-10-6-12-23-13-17)26(21)14-16-7-2-1-3-8-16/h1-13H,14-15H2. The molecule has 0 radical (unpaired) electrons. The van der Waals surface area contributed by atoms with E-state index in [4.69, 9.17) is 11.6 Å². The first kappa shape index (κ1) is 17.8. The van der Waals surface area contributed by atoms with Crippen LogP contribution in [0.5, 0.6) is 0 Å². The fraction of sp³-hybridized carbons (Fsp3) is 0.0952. The average Bonchev–Trinajstić information content (AvgIpc) is 3.11. The Morgan fingerprint density at radius 2 is 1.70 bits per heavy atom. The molecule has 0 fully saturated rings. The van der Waals surface area contributed by atoms with E-state index in [1.165, 1.54) is 5.56 Å². The number of halogens is 1. The maximum Gasteiger partial charge on any atom is 0.192 e. The van der Waals surface area contributed by atoms with Gasteiger partial charge in [0.2, 0.25) is 0 Å². The van der Waals surface area contributed by atoms with Crippen LogP contribution in [0.4, 0.5) is 0 Å². The number of hydrogen-bond acceptors (Lipinski definition) is 4. The molecule has 4 aromatic rings. The molecule has 6 heteroatoms. The van der Waals surface area contributed by atoms with Gasteiger partial charge in [-0.25, -0.2) is 0 Å². The summed E-state index contributed by atoms with van der Waals surface area (Å²) >= 11 is 7.93. The quantitative estimate of drug-likeness (QED) is 0.416. The average molecular weight is 393 g/mol. The first-order valence-electron chi connectivity index (χ1n) is 8.55. The number of thioether (sulfide) groups is 1. The van der Waals surface area contributed by atoms with E-state index in [1.54, 1.807) is 18.0 Å². The summed E-state index contributed by atoms with van der Waals surface area (Å²) in [7, 11) is 0. The predicted octanol–water partition coefficient (Wildman–Crippen LogP) is 5.33. The second-order valence-electron chi connectivity index (χ2n) is 6.00. The van der Waals surface area contributed by atoms with Gasteiger partial charge in [-0.3, -0.25) is 9.55 Å². The SMILES string of the molecule is Clc1ccccc1CSc1nnc(-c2cccnc2)n1Cc1ccccc1. The lowest BCUT2D eigenvalue weighted by atomic mass is 10.2. The van der Waals surface area contributed by atoms with Crippen LogP contribution < -0.4 is 0 Å². The van der Waals surface area contributed by atoms with Crippen LogP contribution in [-0.4, -0.2) is 19.7 Å². The maximum absolute atomic E-state index is 6.30. The van der Waals surface area contributed by atoms with Crippen molar-refractivity contribution in [2.24, 2.45) is 0 Å². The third-order valence-corrected chi connectivity index (χ3v) is 5.52. The smallest absolute Gasteiger partial charge is 0.192 e. The molecule has 27 heavy (non-hydrogen) atoms. The fourth-order valence-corrected chi connectivity index (χ4v) is 3.99. The monoisotopic (exact) mass is 392 g/mol. The van der Waals surface area contributed by atoms with Gasteiger partial charge in [-0.15, -0.1) is 10.2 Å². The Morgan fingerprint density at radius 3 is 2.48 bits per heavy atom. The molecular formula is C21H17ClN4S. The van der Waals surface area contributed by atoms with E-state index < -0.39 is 0 Å². The minimum atomic E-state index is 0.697. The van der Waals surface area contributed by atoms with E-state index in [9.17, 15) is 0 Å². The Morgan fingerprint density at radius 1 is 0.889 bits per heavy atom.